The first-order chi connectivity index (χ1) is 12.2. The van der Waals surface area contributed by atoms with Crippen LogP contribution in [-0.4, -0.2) is 85.9 Å². The van der Waals surface area contributed by atoms with Crippen LogP contribution in [-0.2, 0) is 4.74 Å². The van der Waals surface area contributed by atoms with Gasteiger partial charge in [-0.1, -0.05) is 0 Å². The summed E-state index contributed by atoms with van der Waals surface area (Å²) >= 11 is 0. The minimum atomic E-state index is -0.0410. The van der Waals surface area contributed by atoms with E-state index in [1.54, 1.807) is 30.2 Å². The second kappa shape index (κ2) is 6.44. The van der Waals surface area contributed by atoms with E-state index in [4.69, 9.17) is 14.2 Å². The fraction of sp³-hybridized carbons (Fsp3) is 0.529. The number of nitrogens with zero attached hydrogens (tertiary/aromatic N) is 3. The molecule has 134 valence electrons. The molecule has 0 spiro atoms. The summed E-state index contributed by atoms with van der Waals surface area (Å²) in [6.07, 6.45) is 0. The van der Waals surface area contributed by atoms with Gasteiger partial charge in [-0.05, 0) is 18.2 Å². The second-order valence-corrected chi connectivity index (χ2v) is 6.39. The molecule has 0 unspecified atom stereocenters. The molecule has 2 fully saturated rings. The van der Waals surface area contributed by atoms with Gasteiger partial charge in [0.15, 0.2) is 11.5 Å². The zero-order valence-corrected chi connectivity index (χ0v) is 14.1. The Kier molecular flexibility index (Phi) is 4.12. The molecule has 3 amide bonds. The molecule has 3 heterocycles. The molecule has 25 heavy (non-hydrogen) atoms. The molecule has 3 aliphatic rings. The summed E-state index contributed by atoms with van der Waals surface area (Å²) in [5.41, 5.74) is 0.582. The molecule has 8 heteroatoms. The van der Waals surface area contributed by atoms with Crippen LogP contribution in [0.25, 0.3) is 0 Å². The molecule has 8 nitrogen and oxygen atoms in total. The number of hydrogen-bond acceptors (Lipinski definition) is 5. The lowest BCUT2D eigenvalue weighted by Gasteiger charge is -2.36. The zero-order valence-electron chi connectivity index (χ0n) is 14.1. The van der Waals surface area contributed by atoms with Crippen molar-refractivity contribution < 1.29 is 23.8 Å². The highest BCUT2D eigenvalue weighted by atomic mass is 16.7. The number of piperazine rings is 1. The van der Waals surface area contributed by atoms with E-state index in [-0.39, 0.29) is 24.8 Å². The fourth-order valence-electron chi connectivity index (χ4n) is 3.56. The van der Waals surface area contributed by atoms with Crippen molar-refractivity contribution in [3.8, 4) is 11.5 Å². The number of carbonyl (C=O) groups is 2. The Labute approximate surface area is 145 Å². The van der Waals surface area contributed by atoms with Gasteiger partial charge in [-0.25, -0.2) is 4.79 Å². The third-order valence-electron chi connectivity index (χ3n) is 4.90. The molecule has 1 aromatic carbocycles. The molecule has 0 bridgehead atoms. The first-order valence-corrected chi connectivity index (χ1v) is 8.41. The number of amides is 3. The predicted octanol–water partition coefficient (Wildman–Crippen LogP) is 0.624. The number of hydrogen-bond donors (Lipinski definition) is 0. The molecule has 0 radical (unpaired) electrons. The summed E-state index contributed by atoms with van der Waals surface area (Å²) in [5.74, 6) is 1.23. The number of carbonyl (C=O) groups excluding carboxylic acids is 2. The molecule has 3 aliphatic heterocycles. The van der Waals surface area contributed by atoms with Crippen molar-refractivity contribution in [2.24, 2.45) is 0 Å². The zero-order chi connectivity index (χ0) is 17.4. The first kappa shape index (κ1) is 16.0. The van der Waals surface area contributed by atoms with Crippen LogP contribution in [0.2, 0.25) is 0 Å². The normalized spacial score (nSPS) is 21.7. The summed E-state index contributed by atoms with van der Waals surface area (Å²) in [4.78, 5) is 30.7. The number of fused-ring (bicyclic) bond motifs is 2. The lowest BCUT2D eigenvalue weighted by molar-refractivity contribution is 0.0616. The van der Waals surface area contributed by atoms with E-state index in [9.17, 15) is 9.59 Å². The minimum Gasteiger partial charge on any atom is -0.454 e. The van der Waals surface area contributed by atoms with Crippen molar-refractivity contribution >= 4 is 11.9 Å². The van der Waals surface area contributed by atoms with Crippen molar-refractivity contribution in [1.82, 2.24) is 14.7 Å². The van der Waals surface area contributed by atoms with E-state index < -0.39 is 0 Å². The Morgan fingerprint density at radius 3 is 2.92 bits per heavy atom. The molecular formula is C17H21N3O5. The molecule has 1 atom stereocenters. The maximum absolute atomic E-state index is 12.8. The maximum Gasteiger partial charge on any atom is 0.320 e. The smallest absolute Gasteiger partial charge is 0.320 e. The SMILES string of the molecule is COCCN1C[C@H]2CN(C(=O)c3ccc4c(c3)OCO4)CCN2C1=O. The number of rotatable bonds is 4. The van der Waals surface area contributed by atoms with Crippen molar-refractivity contribution in [1.29, 1.82) is 0 Å². The molecule has 0 aliphatic carbocycles. The third-order valence-corrected chi connectivity index (χ3v) is 4.90. The van der Waals surface area contributed by atoms with Crippen LogP contribution in [0.15, 0.2) is 18.2 Å². The highest BCUT2D eigenvalue weighted by Gasteiger charge is 2.41. The first-order valence-electron chi connectivity index (χ1n) is 8.41. The minimum absolute atomic E-state index is 0.0380. The number of urea groups is 1. The largest absolute Gasteiger partial charge is 0.454 e. The summed E-state index contributed by atoms with van der Waals surface area (Å²) in [5, 5.41) is 0. The summed E-state index contributed by atoms with van der Waals surface area (Å²) in [6, 6.07) is 5.32. The summed E-state index contributed by atoms with van der Waals surface area (Å²) in [6.45, 7) is 3.56. The Bertz CT molecular complexity index is 695. The van der Waals surface area contributed by atoms with Crippen molar-refractivity contribution in [3.05, 3.63) is 23.8 Å². The van der Waals surface area contributed by atoms with E-state index >= 15 is 0 Å². The van der Waals surface area contributed by atoms with Gasteiger partial charge in [-0.3, -0.25) is 4.79 Å². The van der Waals surface area contributed by atoms with Crippen LogP contribution < -0.4 is 9.47 Å². The highest BCUT2D eigenvalue weighted by molar-refractivity contribution is 5.95. The molecular weight excluding hydrogens is 326 g/mol. The van der Waals surface area contributed by atoms with E-state index in [1.165, 1.54) is 0 Å². The van der Waals surface area contributed by atoms with Gasteiger partial charge in [0, 0.05) is 45.4 Å². The van der Waals surface area contributed by atoms with Crippen molar-refractivity contribution in [2.45, 2.75) is 6.04 Å². The van der Waals surface area contributed by atoms with Gasteiger partial charge in [-0.2, -0.15) is 0 Å². The fourth-order valence-corrected chi connectivity index (χ4v) is 3.56. The van der Waals surface area contributed by atoms with Gasteiger partial charge in [0.25, 0.3) is 5.91 Å². The summed E-state index contributed by atoms with van der Waals surface area (Å²) in [7, 11) is 1.62. The Hall–Kier alpha value is -2.48. The van der Waals surface area contributed by atoms with Gasteiger partial charge in [0.1, 0.15) is 0 Å². The van der Waals surface area contributed by atoms with Crippen LogP contribution in [0, 0.1) is 0 Å². The molecule has 0 saturated carbocycles. The van der Waals surface area contributed by atoms with Gasteiger partial charge in [-0.15, -0.1) is 0 Å². The Morgan fingerprint density at radius 1 is 1.24 bits per heavy atom. The molecule has 1 aromatic rings. The second-order valence-electron chi connectivity index (χ2n) is 6.39. The Morgan fingerprint density at radius 2 is 2.08 bits per heavy atom. The van der Waals surface area contributed by atoms with Crippen LogP contribution in [0.3, 0.4) is 0 Å². The topological polar surface area (TPSA) is 71.6 Å². The van der Waals surface area contributed by atoms with Crippen LogP contribution in [0.4, 0.5) is 4.79 Å². The molecule has 4 rings (SSSR count). The van der Waals surface area contributed by atoms with Crippen LogP contribution >= 0.6 is 0 Å². The van der Waals surface area contributed by atoms with Crippen LogP contribution in [0.1, 0.15) is 10.4 Å². The molecule has 2 saturated heterocycles. The van der Waals surface area contributed by atoms with Crippen molar-refractivity contribution in [2.75, 3.05) is 53.2 Å². The van der Waals surface area contributed by atoms with Gasteiger partial charge >= 0.3 is 6.03 Å². The number of methoxy groups -OCH3 is 1. The lowest BCUT2D eigenvalue weighted by atomic mass is 10.1. The lowest BCUT2D eigenvalue weighted by Crippen LogP contribution is -2.53. The predicted molar refractivity (Wildman–Crippen MR) is 87.8 cm³/mol. The van der Waals surface area contributed by atoms with E-state index in [0.29, 0.717) is 56.4 Å². The number of ether oxygens (including phenoxy) is 3. The van der Waals surface area contributed by atoms with Gasteiger partial charge in [0.2, 0.25) is 6.79 Å². The van der Waals surface area contributed by atoms with E-state index in [2.05, 4.69) is 0 Å². The quantitative estimate of drug-likeness (QED) is 0.799. The molecule has 0 aromatic heterocycles. The maximum atomic E-state index is 12.8. The Balaban J connectivity index is 1.43. The van der Waals surface area contributed by atoms with Crippen molar-refractivity contribution in [3.63, 3.8) is 0 Å². The van der Waals surface area contributed by atoms with Crippen LogP contribution in [0.5, 0.6) is 11.5 Å². The standard InChI is InChI=1S/C17H21N3O5/c1-23-7-6-19-10-13-9-18(4-5-20(13)17(19)22)16(21)12-2-3-14-15(8-12)25-11-24-14/h2-3,8,13H,4-7,9-11H2,1H3/t13-/m1/s1. The highest BCUT2D eigenvalue weighted by Crippen LogP contribution is 2.33. The monoisotopic (exact) mass is 347 g/mol. The average molecular weight is 347 g/mol. The van der Waals surface area contributed by atoms with Gasteiger partial charge < -0.3 is 28.9 Å². The van der Waals surface area contributed by atoms with E-state index in [0.717, 1.165) is 0 Å². The van der Waals surface area contributed by atoms with Gasteiger partial charge in [0.05, 0.1) is 12.6 Å². The third kappa shape index (κ3) is 2.86. The van der Waals surface area contributed by atoms with E-state index in [1.807, 2.05) is 9.80 Å². The number of benzene rings is 1. The average Bonchev–Trinajstić information content (AvgIpc) is 3.23. The molecule has 0 N–H and O–H groups in total. The summed E-state index contributed by atoms with van der Waals surface area (Å²) < 4.78 is 15.7.